The molecule has 12 N–H and O–H groups in total. The molecule has 1 saturated carbocycles. The van der Waals surface area contributed by atoms with Crippen molar-refractivity contribution in [1.29, 1.82) is 0 Å². The minimum Gasteiger partial charge on any atom is -0.387 e. The van der Waals surface area contributed by atoms with E-state index >= 15 is 0 Å². The number of aliphatic hydroxyl groups is 6. The van der Waals surface area contributed by atoms with Crippen LogP contribution in [0.5, 0.6) is 0 Å². The molecule has 0 aromatic heterocycles. The summed E-state index contributed by atoms with van der Waals surface area (Å²) in [6.07, 6.45) is -13.8. The molecule has 0 saturated heterocycles. The third-order valence-corrected chi connectivity index (χ3v) is 10.4. The summed E-state index contributed by atoms with van der Waals surface area (Å²) in [4.78, 5) is 52.8. The molecule has 1 rings (SSSR count). The summed E-state index contributed by atoms with van der Waals surface area (Å²) >= 11 is 0. The monoisotopic (exact) mass is 596 g/mol. The van der Waals surface area contributed by atoms with Gasteiger partial charge in [-0.05, 0) is 0 Å². The Labute approximate surface area is 180 Å². The second-order valence-corrected chi connectivity index (χ2v) is 13.4. The molecule has 1 aliphatic rings. The summed E-state index contributed by atoms with van der Waals surface area (Å²) in [5, 5.41) is 58.3. The summed E-state index contributed by atoms with van der Waals surface area (Å²) < 4.78 is 74.7. The summed E-state index contributed by atoms with van der Waals surface area (Å²) in [5.41, 5.74) is 0. The van der Waals surface area contributed by atoms with Gasteiger partial charge >= 0.3 is 39.1 Å². The highest BCUT2D eigenvalue weighted by Gasteiger charge is 2.63. The minimum atomic E-state index is -6.64. The molecule has 0 amide bonds. The van der Waals surface area contributed by atoms with Gasteiger partial charge in [0.1, 0.15) is 30.5 Å². The van der Waals surface area contributed by atoms with Gasteiger partial charge in [-0.1, -0.05) is 0 Å². The molecule has 1 aliphatic carbocycles. The molecule has 9 atom stereocenters. The van der Waals surface area contributed by atoms with Crippen LogP contribution in [0.15, 0.2) is 0 Å². The Balaban J connectivity index is 3.37. The molecule has 0 aromatic rings. The van der Waals surface area contributed by atoms with Gasteiger partial charge < -0.3 is 60.0 Å². The number of phosphoric acid groups is 5. The second kappa shape index (κ2) is 10.1. The molecule has 22 nitrogen and oxygen atoms in total. The van der Waals surface area contributed by atoms with Crippen LogP contribution >= 0.6 is 39.1 Å². The van der Waals surface area contributed by atoms with E-state index in [0.717, 1.165) is 0 Å². The number of hydrogen-bond donors (Lipinski definition) is 12. The Morgan fingerprint density at radius 3 is 1.27 bits per heavy atom. The van der Waals surface area contributed by atoms with Crippen LogP contribution < -0.4 is 0 Å². The Hall–Kier alpha value is 0.470. The van der Waals surface area contributed by atoms with Crippen LogP contribution in [-0.4, -0.2) is 96.3 Å². The number of aliphatic hydroxyl groups excluding tert-OH is 5. The molecule has 0 spiro atoms. The summed E-state index contributed by atoms with van der Waals surface area (Å²) in [6.45, 7) is 0. The first-order valence-electron chi connectivity index (χ1n) is 7.39. The summed E-state index contributed by atoms with van der Waals surface area (Å²) in [6, 6.07) is 0. The molecule has 0 aliphatic heterocycles. The van der Waals surface area contributed by atoms with Crippen LogP contribution in [0.1, 0.15) is 0 Å². The van der Waals surface area contributed by atoms with Crippen LogP contribution in [0.3, 0.4) is 0 Å². The average Bonchev–Trinajstić information content (AvgIpc) is 2.50. The molecule has 0 bridgehead atoms. The van der Waals surface area contributed by atoms with Gasteiger partial charge in [0.15, 0.2) is 0 Å². The van der Waals surface area contributed by atoms with Gasteiger partial charge in [-0.25, -0.2) is 27.3 Å². The van der Waals surface area contributed by atoms with E-state index in [2.05, 4.69) is 21.8 Å². The van der Waals surface area contributed by atoms with E-state index in [1.165, 1.54) is 0 Å². The first kappa shape index (κ1) is 31.5. The van der Waals surface area contributed by atoms with Crippen molar-refractivity contribution in [2.45, 2.75) is 36.3 Å². The lowest BCUT2D eigenvalue weighted by Crippen LogP contribution is -2.71. The largest absolute Gasteiger partial charge is 0.495 e. The van der Waals surface area contributed by atoms with E-state index in [-0.39, 0.29) is 0 Å². The van der Waals surface area contributed by atoms with E-state index < -0.39 is 75.4 Å². The first-order chi connectivity index (χ1) is 14.3. The van der Waals surface area contributed by atoms with Crippen molar-refractivity contribution in [3.63, 3.8) is 0 Å². The van der Waals surface area contributed by atoms with Gasteiger partial charge in [0.05, 0.1) is 0 Å². The SMILES string of the molecule is O=P(O)(O)OP(=O)(O)OP(=O)(O)OP(=O)(OC1(O)[C@H](O)[C@H](O)C(O)[C@H](O)[C@H]1O)OP(=O)(O)O. The third kappa shape index (κ3) is 8.82. The zero-order valence-corrected chi connectivity index (χ0v) is 19.5. The van der Waals surface area contributed by atoms with Crippen LogP contribution in [0.2, 0.25) is 0 Å². The predicted octanol–water partition coefficient (Wildman–Crippen LogP) is -3.93. The zero-order chi connectivity index (χ0) is 26.4. The van der Waals surface area contributed by atoms with Crippen LogP contribution in [0.25, 0.3) is 0 Å². The zero-order valence-electron chi connectivity index (χ0n) is 15.1. The van der Waals surface area contributed by atoms with Gasteiger partial charge in [0.2, 0.25) is 5.79 Å². The maximum absolute atomic E-state index is 12.5. The molecule has 198 valence electrons. The summed E-state index contributed by atoms with van der Waals surface area (Å²) in [5.74, 6) is -4.08. The van der Waals surface area contributed by atoms with Gasteiger partial charge in [0.25, 0.3) is 0 Å². The van der Waals surface area contributed by atoms with Crippen molar-refractivity contribution in [2.24, 2.45) is 0 Å². The lowest BCUT2D eigenvalue weighted by atomic mass is 9.82. The molecule has 1 fully saturated rings. The van der Waals surface area contributed by atoms with Crippen molar-refractivity contribution >= 4 is 39.1 Å². The van der Waals surface area contributed by atoms with Crippen LogP contribution in [0.4, 0.5) is 0 Å². The fraction of sp³-hybridized carbons (Fsp3) is 1.00. The average molecular weight is 596 g/mol. The highest BCUT2D eigenvalue weighted by atomic mass is 31.3. The fourth-order valence-corrected chi connectivity index (χ4v) is 8.30. The van der Waals surface area contributed by atoms with E-state index in [1.807, 2.05) is 0 Å². The fourth-order valence-electron chi connectivity index (χ4n) is 2.13. The molecule has 0 heterocycles. The highest BCUT2D eigenvalue weighted by Crippen LogP contribution is 2.75. The smallest absolute Gasteiger partial charge is 0.387 e. The first-order valence-corrected chi connectivity index (χ1v) is 14.9. The predicted molar refractivity (Wildman–Crippen MR) is 91.8 cm³/mol. The quantitative estimate of drug-likeness (QED) is 0.0846. The van der Waals surface area contributed by atoms with Gasteiger partial charge in [-0.3, -0.25) is 0 Å². The number of hydrogen-bond acceptors (Lipinski definition) is 16. The van der Waals surface area contributed by atoms with Crippen molar-refractivity contribution in [2.75, 3.05) is 0 Å². The van der Waals surface area contributed by atoms with Gasteiger partial charge in [0, 0.05) is 0 Å². The molecule has 5 unspecified atom stereocenters. The molecule has 0 aromatic carbocycles. The lowest BCUT2D eigenvalue weighted by molar-refractivity contribution is -0.336. The van der Waals surface area contributed by atoms with Crippen LogP contribution in [-0.2, 0) is 44.6 Å². The van der Waals surface area contributed by atoms with E-state index in [4.69, 9.17) is 24.5 Å². The standard InChI is InChI=1S/C6H17O22P5/c7-1-2(8)4(10)6(12,5(11)3(1)9)24-33(23,26-30(16,17)18)28-32(21,22)27-31(19,20)25-29(13,14)15/h1-5,7-12H,(H,19,20)(H,21,22)(H2,13,14,15)(H2,16,17,18)/t1?,2-,3+,4-,5-,6?,33?/m1/s1. The minimum absolute atomic E-state index is 2.42. The Kier molecular flexibility index (Phi) is 9.63. The summed E-state index contributed by atoms with van der Waals surface area (Å²) in [7, 11) is -31.6. The topological polar surface area (TPSA) is 374 Å². The molecular weight excluding hydrogens is 579 g/mol. The normalized spacial score (nSPS) is 37.0. The molecule has 33 heavy (non-hydrogen) atoms. The lowest BCUT2D eigenvalue weighted by Gasteiger charge is -2.47. The maximum Gasteiger partial charge on any atom is 0.495 e. The van der Waals surface area contributed by atoms with Crippen molar-refractivity contribution in [3.8, 4) is 0 Å². The molecular formula is C6H17O22P5. The van der Waals surface area contributed by atoms with Gasteiger partial charge in [-0.2, -0.15) is 17.2 Å². The Bertz CT molecular complexity index is 931. The second-order valence-electron chi connectivity index (χ2n) is 5.90. The van der Waals surface area contributed by atoms with E-state index in [0.29, 0.717) is 0 Å². The van der Waals surface area contributed by atoms with E-state index in [9.17, 15) is 58.4 Å². The van der Waals surface area contributed by atoms with Crippen molar-refractivity contribution < 1.29 is 105 Å². The maximum atomic E-state index is 12.5. The molecule has 27 heteroatoms. The van der Waals surface area contributed by atoms with E-state index in [1.54, 1.807) is 0 Å². The molecule has 0 radical (unpaired) electrons. The Morgan fingerprint density at radius 1 is 0.545 bits per heavy atom. The number of rotatable bonds is 10. The van der Waals surface area contributed by atoms with Crippen LogP contribution in [0, 0.1) is 0 Å². The van der Waals surface area contributed by atoms with Crippen molar-refractivity contribution in [3.05, 3.63) is 0 Å². The Morgan fingerprint density at radius 2 is 0.909 bits per heavy atom. The third-order valence-electron chi connectivity index (χ3n) is 3.28. The van der Waals surface area contributed by atoms with Crippen molar-refractivity contribution in [1.82, 2.24) is 0 Å². The highest BCUT2D eigenvalue weighted by molar-refractivity contribution is 7.71. The van der Waals surface area contributed by atoms with Gasteiger partial charge in [-0.15, -0.1) is 0 Å².